The summed E-state index contributed by atoms with van der Waals surface area (Å²) in [6.45, 7) is 2.14. The Kier molecular flexibility index (Phi) is 6.64. The van der Waals surface area contributed by atoms with E-state index in [1.807, 2.05) is 0 Å². The van der Waals surface area contributed by atoms with Crippen molar-refractivity contribution < 1.29 is 14.4 Å². The molecule has 0 spiro atoms. The molecule has 1 aromatic carbocycles. The molecule has 1 saturated heterocycles. The number of amides is 3. The predicted molar refractivity (Wildman–Crippen MR) is 94.4 cm³/mol. The molecule has 0 aliphatic carbocycles. The molecule has 0 radical (unpaired) electrons. The molecular formula is C14H14Cl2N2O3S2. The van der Waals surface area contributed by atoms with Crippen molar-refractivity contribution in [1.29, 1.82) is 0 Å². The SMILES string of the molecule is C[C@H](Sc1c(Cl)cccc1Cl)C(=O)NCCN1C(=O)CSC1=O. The molecule has 0 aromatic heterocycles. The Hall–Kier alpha value is -0.890. The normalized spacial score (nSPS) is 15.9. The van der Waals surface area contributed by atoms with Gasteiger partial charge in [0.05, 0.1) is 21.0 Å². The lowest BCUT2D eigenvalue weighted by atomic mass is 10.4. The fourth-order valence-corrected chi connectivity index (χ4v) is 4.18. The monoisotopic (exact) mass is 392 g/mol. The van der Waals surface area contributed by atoms with Gasteiger partial charge in [0.1, 0.15) is 0 Å². The van der Waals surface area contributed by atoms with Gasteiger partial charge in [-0.3, -0.25) is 19.3 Å². The van der Waals surface area contributed by atoms with E-state index < -0.39 is 5.25 Å². The van der Waals surface area contributed by atoms with E-state index in [0.29, 0.717) is 14.9 Å². The Balaban J connectivity index is 1.83. The zero-order chi connectivity index (χ0) is 17.0. The van der Waals surface area contributed by atoms with Crippen molar-refractivity contribution in [3.8, 4) is 0 Å². The zero-order valence-electron chi connectivity index (χ0n) is 12.2. The van der Waals surface area contributed by atoms with Crippen LogP contribution in [0.3, 0.4) is 0 Å². The predicted octanol–water partition coefficient (Wildman–Crippen LogP) is 3.29. The van der Waals surface area contributed by atoms with Crippen molar-refractivity contribution in [2.75, 3.05) is 18.8 Å². The van der Waals surface area contributed by atoms with Crippen LogP contribution in [0.5, 0.6) is 0 Å². The van der Waals surface area contributed by atoms with Crippen LogP contribution in [0, 0.1) is 0 Å². The Labute approximate surface area is 152 Å². The smallest absolute Gasteiger partial charge is 0.288 e. The number of imide groups is 1. The second-order valence-corrected chi connectivity index (χ2v) is 7.79. The largest absolute Gasteiger partial charge is 0.353 e. The summed E-state index contributed by atoms with van der Waals surface area (Å²) in [6, 6.07) is 5.16. The van der Waals surface area contributed by atoms with Gasteiger partial charge in [0.25, 0.3) is 5.24 Å². The van der Waals surface area contributed by atoms with Crippen LogP contribution in [-0.2, 0) is 9.59 Å². The van der Waals surface area contributed by atoms with Crippen molar-refractivity contribution in [2.24, 2.45) is 0 Å². The summed E-state index contributed by atoms with van der Waals surface area (Å²) >= 11 is 14.4. The number of thioether (sulfide) groups is 2. The van der Waals surface area contributed by atoms with Gasteiger partial charge in [-0.25, -0.2) is 0 Å². The molecule has 1 atom stereocenters. The summed E-state index contributed by atoms with van der Waals surface area (Å²) in [4.78, 5) is 36.8. The molecule has 9 heteroatoms. The van der Waals surface area contributed by atoms with E-state index in [1.54, 1.807) is 25.1 Å². The molecule has 3 amide bonds. The fourth-order valence-electron chi connectivity index (χ4n) is 1.86. The van der Waals surface area contributed by atoms with Gasteiger partial charge in [0, 0.05) is 18.0 Å². The van der Waals surface area contributed by atoms with E-state index in [9.17, 15) is 14.4 Å². The van der Waals surface area contributed by atoms with Gasteiger partial charge in [-0.2, -0.15) is 0 Å². The number of nitrogens with one attached hydrogen (secondary N) is 1. The minimum atomic E-state index is -0.410. The van der Waals surface area contributed by atoms with Gasteiger partial charge in [-0.15, -0.1) is 11.8 Å². The summed E-state index contributed by atoms with van der Waals surface area (Å²) in [5, 5.41) is 3.01. The minimum Gasteiger partial charge on any atom is -0.353 e. The highest BCUT2D eigenvalue weighted by atomic mass is 35.5. The Morgan fingerprint density at radius 3 is 2.61 bits per heavy atom. The fraction of sp³-hybridized carbons (Fsp3) is 0.357. The quantitative estimate of drug-likeness (QED) is 0.752. The summed E-state index contributed by atoms with van der Waals surface area (Å²) in [5.41, 5.74) is 0. The van der Waals surface area contributed by atoms with E-state index >= 15 is 0 Å². The Morgan fingerprint density at radius 1 is 1.39 bits per heavy atom. The van der Waals surface area contributed by atoms with Gasteiger partial charge in [-0.05, 0) is 19.1 Å². The van der Waals surface area contributed by atoms with Crippen LogP contribution in [0.1, 0.15) is 6.92 Å². The summed E-state index contributed by atoms with van der Waals surface area (Å²) in [6.07, 6.45) is 0. The molecule has 0 saturated carbocycles. The number of rotatable bonds is 6. The van der Waals surface area contributed by atoms with E-state index in [-0.39, 0.29) is 35.9 Å². The van der Waals surface area contributed by atoms with Gasteiger partial charge >= 0.3 is 0 Å². The topological polar surface area (TPSA) is 66.5 Å². The van der Waals surface area contributed by atoms with E-state index in [0.717, 1.165) is 16.7 Å². The second kappa shape index (κ2) is 8.28. The van der Waals surface area contributed by atoms with Gasteiger partial charge in [0.15, 0.2) is 0 Å². The average molecular weight is 393 g/mol. The number of carbonyl (C=O) groups is 3. The molecule has 0 unspecified atom stereocenters. The molecule has 1 fully saturated rings. The highest BCUT2D eigenvalue weighted by Gasteiger charge is 2.29. The molecular weight excluding hydrogens is 379 g/mol. The van der Waals surface area contributed by atoms with Gasteiger partial charge in [-0.1, -0.05) is 41.0 Å². The molecule has 2 rings (SSSR count). The van der Waals surface area contributed by atoms with Gasteiger partial charge < -0.3 is 5.32 Å². The van der Waals surface area contributed by atoms with E-state index in [1.165, 1.54) is 11.8 Å². The minimum absolute atomic E-state index is 0.171. The third kappa shape index (κ3) is 4.79. The first-order chi connectivity index (χ1) is 10.9. The molecule has 1 heterocycles. The highest BCUT2D eigenvalue weighted by Crippen LogP contribution is 2.36. The Morgan fingerprint density at radius 2 is 2.04 bits per heavy atom. The number of hydrogen-bond donors (Lipinski definition) is 1. The standard InChI is InChI=1S/C14H14Cl2N2O3S2/c1-8(23-12-9(15)3-2-4-10(12)16)13(20)17-5-6-18-11(19)7-22-14(18)21/h2-4,8H,5-7H2,1H3,(H,17,20)/t8-/m0/s1. The first-order valence-electron chi connectivity index (χ1n) is 6.75. The summed E-state index contributed by atoms with van der Waals surface area (Å²) in [7, 11) is 0. The van der Waals surface area contributed by atoms with Crippen LogP contribution in [0.15, 0.2) is 23.1 Å². The average Bonchev–Trinajstić information content (AvgIpc) is 2.82. The van der Waals surface area contributed by atoms with Crippen LogP contribution in [0.25, 0.3) is 0 Å². The van der Waals surface area contributed by atoms with Crippen LogP contribution < -0.4 is 5.32 Å². The molecule has 1 aliphatic rings. The second-order valence-electron chi connectivity index (χ2n) is 4.70. The molecule has 1 N–H and O–H groups in total. The number of halogens is 2. The van der Waals surface area contributed by atoms with Crippen molar-refractivity contribution in [3.63, 3.8) is 0 Å². The molecule has 1 aliphatic heterocycles. The van der Waals surface area contributed by atoms with Crippen molar-refractivity contribution in [1.82, 2.24) is 10.2 Å². The van der Waals surface area contributed by atoms with Crippen molar-refractivity contribution in [3.05, 3.63) is 28.2 Å². The summed E-state index contributed by atoms with van der Waals surface area (Å²) in [5.74, 6) is -0.262. The van der Waals surface area contributed by atoms with Crippen molar-refractivity contribution >= 4 is 63.8 Å². The maximum absolute atomic E-state index is 12.1. The van der Waals surface area contributed by atoms with Crippen molar-refractivity contribution in [2.45, 2.75) is 17.1 Å². The highest BCUT2D eigenvalue weighted by molar-refractivity contribution is 8.14. The lowest BCUT2D eigenvalue weighted by Gasteiger charge is -2.16. The Bertz CT molecular complexity index is 606. The molecule has 23 heavy (non-hydrogen) atoms. The van der Waals surface area contributed by atoms with Crippen LogP contribution in [-0.4, -0.2) is 46.0 Å². The molecule has 124 valence electrons. The molecule has 1 aromatic rings. The summed E-state index contributed by atoms with van der Waals surface area (Å²) < 4.78 is 0. The van der Waals surface area contributed by atoms with E-state index in [4.69, 9.17) is 23.2 Å². The lowest BCUT2D eigenvalue weighted by molar-refractivity contribution is -0.125. The maximum atomic E-state index is 12.1. The maximum Gasteiger partial charge on any atom is 0.288 e. The van der Waals surface area contributed by atoms with Crippen LogP contribution >= 0.6 is 46.7 Å². The zero-order valence-corrected chi connectivity index (χ0v) is 15.3. The molecule has 0 bridgehead atoms. The number of hydrogen-bond acceptors (Lipinski definition) is 5. The third-order valence-corrected chi connectivity index (χ3v) is 6.01. The third-order valence-electron chi connectivity index (χ3n) is 3.06. The van der Waals surface area contributed by atoms with Crippen LogP contribution in [0.2, 0.25) is 10.0 Å². The number of nitrogens with zero attached hydrogens (tertiary/aromatic N) is 1. The first-order valence-corrected chi connectivity index (χ1v) is 9.37. The van der Waals surface area contributed by atoms with Crippen LogP contribution in [0.4, 0.5) is 4.79 Å². The number of carbonyl (C=O) groups excluding carboxylic acids is 3. The lowest BCUT2D eigenvalue weighted by Crippen LogP contribution is -2.39. The van der Waals surface area contributed by atoms with Gasteiger partial charge in [0.2, 0.25) is 11.8 Å². The molecule has 5 nitrogen and oxygen atoms in total. The van der Waals surface area contributed by atoms with E-state index in [2.05, 4.69) is 5.32 Å². The number of benzene rings is 1. The first kappa shape index (κ1) is 18.4.